The van der Waals surface area contributed by atoms with Crippen LogP contribution in [0.25, 0.3) is 0 Å². The van der Waals surface area contributed by atoms with E-state index in [-0.39, 0.29) is 23.5 Å². The number of carbonyl (C=O) groups excluding carboxylic acids is 1. The predicted octanol–water partition coefficient (Wildman–Crippen LogP) is 2.75. The van der Waals surface area contributed by atoms with E-state index < -0.39 is 5.97 Å². The summed E-state index contributed by atoms with van der Waals surface area (Å²) in [6.45, 7) is 6.52. The van der Waals surface area contributed by atoms with E-state index in [2.05, 4.69) is 5.32 Å². The second-order valence-electron chi connectivity index (χ2n) is 7.41. The van der Waals surface area contributed by atoms with Crippen LogP contribution in [0.15, 0.2) is 12.1 Å². The highest BCUT2D eigenvalue weighted by molar-refractivity contribution is 5.97. The normalized spacial score (nSPS) is 29.1. The molecule has 1 atom stereocenters. The van der Waals surface area contributed by atoms with Crippen LogP contribution in [0, 0.1) is 26.7 Å². The molecule has 24 heavy (non-hydrogen) atoms. The van der Waals surface area contributed by atoms with Crippen molar-refractivity contribution >= 4 is 11.9 Å². The molecule has 0 bridgehead atoms. The Morgan fingerprint density at radius 1 is 1.17 bits per heavy atom. The Kier molecular flexibility index (Phi) is 4.38. The average Bonchev–Trinajstić information content (AvgIpc) is 2.43. The highest BCUT2D eigenvalue weighted by Gasteiger charge is 2.51. The number of carboxylic acids is 1. The lowest BCUT2D eigenvalue weighted by atomic mass is 9.66. The first kappa shape index (κ1) is 17.0. The zero-order chi connectivity index (χ0) is 17.5. The van der Waals surface area contributed by atoms with Crippen LogP contribution in [-0.2, 0) is 9.53 Å². The molecule has 3 rings (SSSR count). The third kappa shape index (κ3) is 3.18. The van der Waals surface area contributed by atoms with Crippen LogP contribution in [-0.4, -0.2) is 35.2 Å². The molecule has 130 valence electrons. The summed E-state index contributed by atoms with van der Waals surface area (Å²) in [5, 5.41) is 12.2. The van der Waals surface area contributed by atoms with Gasteiger partial charge in [0.1, 0.15) is 0 Å². The topological polar surface area (TPSA) is 75.6 Å². The summed E-state index contributed by atoms with van der Waals surface area (Å²) in [6, 6.07) is 4.09. The van der Waals surface area contributed by atoms with Crippen molar-refractivity contribution < 1.29 is 19.4 Å². The van der Waals surface area contributed by atoms with Gasteiger partial charge in [0.05, 0.1) is 11.5 Å². The Morgan fingerprint density at radius 3 is 2.38 bits per heavy atom. The van der Waals surface area contributed by atoms with Gasteiger partial charge in [0.2, 0.25) is 0 Å². The molecule has 2 N–H and O–H groups in total. The van der Waals surface area contributed by atoms with Crippen LogP contribution < -0.4 is 5.32 Å². The van der Waals surface area contributed by atoms with E-state index in [1.54, 1.807) is 0 Å². The van der Waals surface area contributed by atoms with E-state index in [0.29, 0.717) is 25.9 Å². The number of aryl methyl sites for hydroxylation is 3. The number of benzene rings is 1. The van der Waals surface area contributed by atoms with Crippen LogP contribution in [0.3, 0.4) is 0 Å². The first-order valence-electron chi connectivity index (χ1n) is 8.55. The molecule has 5 heteroatoms. The van der Waals surface area contributed by atoms with Gasteiger partial charge in [-0.3, -0.25) is 9.59 Å². The number of ether oxygens (including phenoxy) is 1. The largest absolute Gasteiger partial charge is 0.481 e. The van der Waals surface area contributed by atoms with Crippen LogP contribution in [0.2, 0.25) is 0 Å². The Morgan fingerprint density at radius 2 is 1.79 bits per heavy atom. The van der Waals surface area contributed by atoms with E-state index >= 15 is 0 Å². The average molecular weight is 331 g/mol. The molecule has 1 aliphatic carbocycles. The summed E-state index contributed by atoms with van der Waals surface area (Å²) >= 11 is 0. The first-order valence-corrected chi connectivity index (χ1v) is 8.55. The fourth-order valence-corrected chi connectivity index (χ4v) is 4.24. The lowest BCUT2D eigenvalue weighted by Gasteiger charge is -2.50. The number of aliphatic carboxylic acids is 1. The summed E-state index contributed by atoms with van der Waals surface area (Å²) in [5.74, 6) is -1.09. The lowest BCUT2D eigenvalue weighted by molar-refractivity contribution is -0.181. The second-order valence-corrected chi connectivity index (χ2v) is 7.41. The molecule has 1 saturated carbocycles. The Hall–Kier alpha value is -1.88. The van der Waals surface area contributed by atoms with Crippen LogP contribution >= 0.6 is 0 Å². The minimum Gasteiger partial charge on any atom is -0.481 e. The minimum atomic E-state index is -0.749. The summed E-state index contributed by atoms with van der Waals surface area (Å²) < 4.78 is 5.85. The van der Waals surface area contributed by atoms with Crippen molar-refractivity contribution in [1.82, 2.24) is 5.32 Å². The molecule has 0 aromatic heterocycles. The molecule has 1 aromatic rings. The minimum absolute atomic E-state index is 0.0406. The number of hydrogen-bond acceptors (Lipinski definition) is 3. The molecule has 0 radical (unpaired) electrons. The van der Waals surface area contributed by atoms with Crippen LogP contribution in [0.4, 0.5) is 0 Å². The predicted molar refractivity (Wildman–Crippen MR) is 90.2 cm³/mol. The van der Waals surface area contributed by atoms with Gasteiger partial charge in [0.25, 0.3) is 5.91 Å². The van der Waals surface area contributed by atoms with Crippen molar-refractivity contribution in [1.29, 1.82) is 0 Å². The van der Waals surface area contributed by atoms with Crippen molar-refractivity contribution in [2.24, 2.45) is 5.92 Å². The van der Waals surface area contributed by atoms with Gasteiger partial charge in [0.15, 0.2) is 0 Å². The summed E-state index contributed by atoms with van der Waals surface area (Å²) in [5.41, 5.74) is 3.53. The number of rotatable bonds is 3. The van der Waals surface area contributed by atoms with Gasteiger partial charge >= 0.3 is 5.97 Å². The zero-order valence-corrected chi connectivity index (χ0v) is 14.5. The van der Waals surface area contributed by atoms with Gasteiger partial charge in [-0.25, -0.2) is 0 Å². The first-order chi connectivity index (χ1) is 11.3. The van der Waals surface area contributed by atoms with E-state index in [1.165, 1.54) is 0 Å². The smallest absolute Gasteiger partial charge is 0.306 e. The van der Waals surface area contributed by atoms with Gasteiger partial charge in [-0.15, -0.1) is 0 Å². The highest BCUT2D eigenvalue weighted by atomic mass is 16.5. The molecule has 5 nitrogen and oxygen atoms in total. The summed E-state index contributed by atoms with van der Waals surface area (Å²) in [6.07, 6.45) is 2.58. The van der Waals surface area contributed by atoms with Gasteiger partial charge in [-0.2, -0.15) is 0 Å². The number of carboxylic acid groups (broad SMARTS) is 1. The maximum atomic E-state index is 12.7. The van der Waals surface area contributed by atoms with Crippen LogP contribution in [0.1, 0.15) is 52.7 Å². The van der Waals surface area contributed by atoms with Crippen molar-refractivity contribution in [2.75, 3.05) is 6.61 Å². The number of nitrogens with one attached hydrogen (secondary N) is 1. The molecule has 1 spiro atoms. The molecule has 1 aromatic carbocycles. The second kappa shape index (κ2) is 6.20. The van der Waals surface area contributed by atoms with Crippen LogP contribution in [0.5, 0.6) is 0 Å². The third-order valence-corrected chi connectivity index (χ3v) is 5.32. The highest BCUT2D eigenvalue weighted by Crippen LogP contribution is 2.46. The quantitative estimate of drug-likeness (QED) is 0.893. The molecular weight excluding hydrogens is 306 g/mol. The monoisotopic (exact) mass is 331 g/mol. The van der Waals surface area contributed by atoms with Crippen molar-refractivity contribution in [3.05, 3.63) is 34.4 Å². The van der Waals surface area contributed by atoms with E-state index in [0.717, 1.165) is 28.7 Å². The summed E-state index contributed by atoms with van der Waals surface area (Å²) in [7, 11) is 0. The molecule has 2 fully saturated rings. The zero-order valence-electron chi connectivity index (χ0n) is 14.5. The standard InChI is InChI=1S/C19H25NO4/c1-11-6-12(2)16(13(3)7-11)17(21)20-15-4-5-24-19(10-15)8-14(9-19)18(22)23/h6-7,14-15H,4-5,8-10H2,1-3H3,(H,20,21)(H,22,23). The maximum absolute atomic E-state index is 12.7. The fourth-order valence-electron chi connectivity index (χ4n) is 4.24. The number of carbonyl (C=O) groups is 2. The molecular formula is C19H25NO4. The SMILES string of the molecule is Cc1cc(C)c(C(=O)NC2CCOC3(C2)CC(C(=O)O)C3)c(C)c1. The number of hydrogen-bond donors (Lipinski definition) is 2. The Bertz CT molecular complexity index is 653. The molecule has 1 aliphatic heterocycles. The molecule has 1 unspecified atom stereocenters. The molecule has 1 heterocycles. The number of amides is 1. The van der Waals surface area contributed by atoms with Gasteiger partial charge in [-0.1, -0.05) is 17.7 Å². The molecule has 1 saturated heterocycles. The van der Waals surface area contributed by atoms with E-state index in [4.69, 9.17) is 9.84 Å². The van der Waals surface area contributed by atoms with Crippen molar-refractivity contribution in [3.8, 4) is 0 Å². The Labute approximate surface area is 142 Å². The Balaban J connectivity index is 1.66. The van der Waals surface area contributed by atoms with Gasteiger partial charge in [-0.05, 0) is 57.6 Å². The molecule has 2 aliphatic rings. The lowest BCUT2D eigenvalue weighted by Crippen LogP contribution is -2.56. The van der Waals surface area contributed by atoms with Crippen molar-refractivity contribution in [3.63, 3.8) is 0 Å². The van der Waals surface area contributed by atoms with Gasteiger partial charge in [0, 0.05) is 18.2 Å². The van der Waals surface area contributed by atoms with Crippen molar-refractivity contribution in [2.45, 2.75) is 58.1 Å². The third-order valence-electron chi connectivity index (χ3n) is 5.32. The maximum Gasteiger partial charge on any atom is 0.306 e. The fraction of sp³-hybridized carbons (Fsp3) is 0.579. The van der Waals surface area contributed by atoms with Gasteiger partial charge < -0.3 is 15.2 Å². The summed E-state index contributed by atoms with van der Waals surface area (Å²) in [4.78, 5) is 23.7. The molecule has 1 amide bonds. The van der Waals surface area contributed by atoms with E-state index in [1.807, 2.05) is 32.9 Å². The van der Waals surface area contributed by atoms with E-state index in [9.17, 15) is 9.59 Å².